The van der Waals surface area contributed by atoms with Crippen molar-refractivity contribution in [2.24, 2.45) is 46.3 Å². The smallest absolute Gasteiger partial charge is 0.160 e. The van der Waals surface area contributed by atoms with Crippen LogP contribution in [0.15, 0.2) is 23.8 Å². The molecule has 8 rings (SSSR count). The average Bonchev–Trinajstić information content (AvgIpc) is 3.36. The minimum atomic E-state index is -1.66. The molecule has 1 aromatic carbocycles. The molecule has 1 saturated heterocycles. The number of ether oxygens (including phenoxy) is 1. The van der Waals surface area contributed by atoms with Crippen LogP contribution in [-0.2, 0) is 16.0 Å². The van der Waals surface area contributed by atoms with Crippen molar-refractivity contribution in [2.75, 3.05) is 6.61 Å². The zero-order valence-electron chi connectivity index (χ0n) is 30.0. The van der Waals surface area contributed by atoms with Crippen LogP contribution in [0.4, 0.5) is 0 Å². The van der Waals surface area contributed by atoms with Gasteiger partial charge in [-0.1, -0.05) is 40.5 Å². The zero-order valence-corrected chi connectivity index (χ0v) is 30.0. The largest absolute Gasteiger partial charge is 0.508 e. The third-order valence-electron chi connectivity index (χ3n) is 16.6. The van der Waals surface area contributed by atoms with E-state index in [9.17, 15) is 45.6 Å². The molecule has 8 N–H and O–H groups in total. The van der Waals surface area contributed by atoms with Crippen molar-refractivity contribution in [1.29, 1.82) is 0 Å². The average molecular weight is 697 g/mol. The summed E-state index contributed by atoms with van der Waals surface area (Å²) in [5.41, 5.74) is -6.45. The standard InChI is InChI=1S/C40H56O10/c1-19-7-6-10-40(34(46)20(19)2)37(5,47)33-29(50-40)17-39(49)26-16-28(44)32-31-24-14-22(42)15-27(43)23(24)8-11-38(31,48)30(45)18-35(32,3)25(26)13-21(9-12-41)36(33,39)4/h14-16,19-21,25,29-34,41-43,45-49H,6-13,17-18H2,1-5H3/t19-,20+,21-,25+,29+,30+,31-,32-,33+,34+,35-,36-,37-,38+,39-,40+/m1/s1. The number of phenolic OH excluding ortho intramolecular Hbond substituents is 2. The second-order valence-electron chi connectivity index (χ2n) is 18.4. The summed E-state index contributed by atoms with van der Waals surface area (Å²) in [5.74, 6) is -3.53. The number of benzene rings is 1. The number of aliphatic hydroxyl groups excluding tert-OH is 3. The van der Waals surface area contributed by atoms with Gasteiger partial charge in [-0.3, -0.25) is 4.79 Å². The van der Waals surface area contributed by atoms with Crippen molar-refractivity contribution in [3.8, 4) is 11.5 Å². The monoisotopic (exact) mass is 696 g/mol. The van der Waals surface area contributed by atoms with Crippen molar-refractivity contribution >= 4 is 5.78 Å². The van der Waals surface area contributed by atoms with E-state index in [-0.39, 0.29) is 67.3 Å². The van der Waals surface area contributed by atoms with Crippen molar-refractivity contribution < 1.29 is 50.4 Å². The van der Waals surface area contributed by atoms with Crippen LogP contribution in [-0.4, -0.2) is 94.0 Å². The molecule has 6 aliphatic carbocycles. The van der Waals surface area contributed by atoms with Crippen LogP contribution in [0.5, 0.6) is 11.5 Å². The van der Waals surface area contributed by atoms with Crippen LogP contribution in [0.3, 0.4) is 0 Å². The first kappa shape index (κ1) is 35.0. The summed E-state index contributed by atoms with van der Waals surface area (Å²) in [4.78, 5) is 14.7. The van der Waals surface area contributed by atoms with E-state index in [2.05, 4.69) is 6.92 Å². The van der Waals surface area contributed by atoms with E-state index < -0.39 is 75.2 Å². The molecule has 0 bridgehead atoms. The number of rotatable bonds is 2. The second-order valence-corrected chi connectivity index (χ2v) is 18.4. The summed E-state index contributed by atoms with van der Waals surface area (Å²) in [5, 5.41) is 93.8. The zero-order chi connectivity index (χ0) is 36.1. The molecule has 16 atom stereocenters. The molecule has 0 amide bonds. The molecule has 1 heterocycles. The van der Waals surface area contributed by atoms with Gasteiger partial charge in [0.05, 0.1) is 35.1 Å². The fraction of sp³-hybridized carbons (Fsp3) is 0.775. The van der Waals surface area contributed by atoms with Crippen LogP contribution >= 0.6 is 0 Å². The maximum absolute atomic E-state index is 14.7. The predicted molar refractivity (Wildman–Crippen MR) is 182 cm³/mol. The number of aromatic hydroxyl groups is 2. The Kier molecular flexibility index (Phi) is 7.54. The van der Waals surface area contributed by atoms with Crippen molar-refractivity contribution in [3.05, 3.63) is 34.9 Å². The maximum Gasteiger partial charge on any atom is 0.160 e. The first-order valence-electron chi connectivity index (χ1n) is 19.0. The number of carbonyl (C=O) groups is 1. The summed E-state index contributed by atoms with van der Waals surface area (Å²) >= 11 is 0. The summed E-state index contributed by atoms with van der Waals surface area (Å²) in [6, 6.07) is 2.75. The lowest BCUT2D eigenvalue weighted by Crippen LogP contribution is -2.70. The Morgan fingerprint density at radius 2 is 1.70 bits per heavy atom. The van der Waals surface area contributed by atoms with Crippen LogP contribution in [0.1, 0.15) is 103 Å². The minimum Gasteiger partial charge on any atom is -0.508 e. The molecule has 10 nitrogen and oxygen atoms in total. The van der Waals surface area contributed by atoms with Gasteiger partial charge in [0.25, 0.3) is 0 Å². The van der Waals surface area contributed by atoms with E-state index in [1.165, 1.54) is 12.1 Å². The quantitative estimate of drug-likeness (QED) is 0.228. The van der Waals surface area contributed by atoms with Crippen LogP contribution in [0, 0.1) is 46.3 Å². The number of aliphatic hydroxyl groups is 6. The third kappa shape index (κ3) is 3.97. The van der Waals surface area contributed by atoms with E-state index in [1.54, 1.807) is 13.0 Å². The molecule has 7 aliphatic rings. The summed E-state index contributed by atoms with van der Waals surface area (Å²) in [6.45, 7) is 9.66. The number of hydrogen-bond acceptors (Lipinski definition) is 10. The topological polar surface area (TPSA) is 188 Å². The van der Waals surface area contributed by atoms with Gasteiger partial charge in [-0.15, -0.1) is 0 Å². The van der Waals surface area contributed by atoms with Crippen molar-refractivity contribution in [2.45, 2.75) is 139 Å². The summed E-state index contributed by atoms with van der Waals surface area (Å²) in [7, 11) is 0. The maximum atomic E-state index is 14.7. The predicted octanol–water partition coefficient (Wildman–Crippen LogP) is 3.24. The molecule has 4 saturated carbocycles. The molecule has 1 aromatic rings. The minimum absolute atomic E-state index is 0.101. The van der Waals surface area contributed by atoms with Crippen molar-refractivity contribution in [3.63, 3.8) is 0 Å². The normalized spacial score (nSPS) is 53.7. The molecule has 0 aromatic heterocycles. The van der Waals surface area contributed by atoms with E-state index in [1.807, 2.05) is 20.8 Å². The Labute approximate surface area is 294 Å². The lowest BCUT2D eigenvalue weighted by Gasteiger charge is -2.66. The molecule has 10 heteroatoms. The van der Waals surface area contributed by atoms with Crippen LogP contribution in [0.25, 0.3) is 0 Å². The van der Waals surface area contributed by atoms with Gasteiger partial charge in [-0.25, -0.2) is 0 Å². The van der Waals surface area contributed by atoms with Gasteiger partial charge in [0.1, 0.15) is 17.1 Å². The van der Waals surface area contributed by atoms with Gasteiger partial charge >= 0.3 is 0 Å². The second kappa shape index (κ2) is 10.8. The highest BCUT2D eigenvalue weighted by Gasteiger charge is 2.81. The van der Waals surface area contributed by atoms with E-state index in [0.717, 1.165) is 12.8 Å². The molecule has 50 heavy (non-hydrogen) atoms. The lowest BCUT2D eigenvalue weighted by molar-refractivity contribution is -0.233. The third-order valence-corrected chi connectivity index (χ3v) is 16.6. The number of ketones is 1. The number of phenols is 2. The summed E-state index contributed by atoms with van der Waals surface area (Å²) < 4.78 is 6.93. The Morgan fingerprint density at radius 1 is 0.980 bits per heavy atom. The van der Waals surface area contributed by atoms with Gasteiger partial charge in [0.2, 0.25) is 0 Å². The van der Waals surface area contributed by atoms with Gasteiger partial charge < -0.3 is 45.6 Å². The van der Waals surface area contributed by atoms with Gasteiger partial charge in [-0.05, 0) is 103 Å². The highest BCUT2D eigenvalue weighted by atomic mass is 16.6. The first-order chi connectivity index (χ1) is 23.3. The highest BCUT2D eigenvalue weighted by Crippen LogP contribution is 2.75. The SMILES string of the molecule is C[C@H]1[C@H](C)CCC[C@]2(O[C@H]3C[C@@]4(O)C5=CC(=O)[C@@H]6[C@H]7c8cc(O)cc(O)c8CC[C@]7(O)[C@@H](O)C[C@]6(C)[C@H]5C[C@@H](CCO)[C@]4(C)[C@H]3[C@@]2(C)O)[C@H]1O. The molecule has 1 spiro atoms. The Hall–Kier alpha value is -2.05. The van der Waals surface area contributed by atoms with Crippen LogP contribution in [0.2, 0.25) is 0 Å². The molecule has 5 fully saturated rings. The van der Waals surface area contributed by atoms with Gasteiger partial charge in [0, 0.05) is 42.3 Å². The van der Waals surface area contributed by atoms with Gasteiger partial charge in [0.15, 0.2) is 5.78 Å². The van der Waals surface area contributed by atoms with Gasteiger partial charge in [-0.2, -0.15) is 0 Å². The first-order valence-corrected chi connectivity index (χ1v) is 19.0. The van der Waals surface area contributed by atoms with E-state index in [4.69, 9.17) is 4.74 Å². The fourth-order valence-corrected chi connectivity index (χ4v) is 13.9. The molecular weight excluding hydrogens is 640 g/mol. The molecule has 276 valence electrons. The van der Waals surface area contributed by atoms with E-state index in [0.29, 0.717) is 36.0 Å². The Bertz CT molecular complexity index is 1640. The highest BCUT2D eigenvalue weighted by molar-refractivity contribution is 5.96. The fourth-order valence-electron chi connectivity index (χ4n) is 13.9. The number of allylic oxidation sites excluding steroid dienone is 1. The molecule has 1 aliphatic heterocycles. The number of fused-ring (bicyclic) bond motifs is 11. The Balaban J connectivity index is 1.27. The Morgan fingerprint density at radius 3 is 2.40 bits per heavy atom. The van der Waals surface area contributed by atoms with Crippen molar-refractivity contribution in [1.82, 2.24) is 0 Å². The summed E-state index contributed by atoms with van der Waals surface area (Å²) in [6.07, 6.45) is 2.41. The number of hydrogen-bond donors (Lipinski definition) is 8. The molecule has 0 radical (unpaired) electrons. The van der Waals surface area contributed by atoms with Crippen LogP contribution < -0.4 is 0 Å². The molecule has 0 unspecified atom stereocenters. The number of carbonyl (C=O) groups excluding carboxylic acids is 1. The van der Waals surface area contributed by atoms with E-state index >= 15 is 0 Å². The molecular formula is C40H56O10. The lowest BCUT2D eigenvalue weighted by atomic mass is 9.39.